The molecule has 1 aromatic carbocycles. The Hall–Kier alpha value is -3.11. The Morgan fingerprint density at radius 1 is 1.18 bits per heavy atom. The molecular weight excluding hydrogens is 356 g/mol. The molecule has 1 saturated heterocycles. The van der Waals surface area contributed by atoms with Crippen molar-refractivity contribution in [3.63, 3.8) is 0 Å². The van der Waals surface area contributed by atoms with E-state index in [9.17, 15) is 9.59 Å². The molecule has 0 aliphatic carbocycles. The number of hydrogen-bond acceptors (Lipinski definition) is 5. The fraction of sp³-hybridized carbons (Fsp3) is 0.381. The molecule has 2 N–H and O–H groups in total. The van der Waals surface area contributed by atoms with Crippen molar-refractivity contribution < 1.29 is 14.0 Å². The van der Waals surface area contributed by atoms with Crippen molar-refractivity contribution in [2.24, 2.45) is 0 Å². The minimum atomic E-state index is -0.173. The first-order valence-electron chi connectivity index (χ1n) is 9.43. The highest BCUT2D eigenvalue weighted by Crippen LogP contribution is 2.14. The Bertz CT molecular complexity index is 859. The van der Waals surface area contributed by atoms with Gasteiger partial charge < -0.3 is 20.0 Å². The van der Waals surface area contributed by atoms with Crippen molar-refractivity contribution in [3.8, 4) is 6.07 Å². The minimum absolute atomic E-state index is 0.0478. The molecular formula is C21H24N4O3. The fourth-order valence-electron chi connectivity index (χ4n) is 3.23. The molecule has 2 aromatic rings. The van der Waals surface area contributed by atoms with E-state index < -0.39 is 0 Å². The number of benzene rings is 1. The van der Waals surface area contributed by atoms with Gasteiger partial charge in [0.25, 0.3) is 5.91 Å². The molecule has 0 unspecified atom stereocenters. The average molecular weight is 380 g/mol. The number of furan rings is 1. The maximum absolute atomic E-state index is 12.1. The maximum atomic E-state index is 12.1. The summed E-state index contributed by atoms with van der Waals surface area (Å²) in [4.78, 5) is 26.5. The molecule has 0 saturated carbocycles. The summed E-state index contributed by atoms with van der Waals surface area (Å²) in [6, 6.07) is 12.5. The van der Waals surface area contributed by atoms with Crippen LogP contribution in [0, 0.1) is 18.3 Å². The Morgan fingerprint density at radius 3 is 2.50 bits per heavy atom. The van der Waals surface area contributed by atoms with Gasteiger partial charge in [-0.1, -0.05) is 0 Å². The highest BCUT2D eigenvalue weighted by molar-refractivity contribution is 5.91. The summed E-state index contributed by atoms with van der Waals surface area (Å²) in [5.74, 6) is 0.848. The van der Waals surface area contributed by atoms with Crippen molar-refractivity contribution in [2.45, 2.75) is 32.2 Å². The molecule has 0 bridgehead atoms. The first-order valence-corrected chi connectivity index (χ1v) is 9.43. The van der Waals surface area contributed by atoms with Crippen molar-refractivity contribution in [2.75, 3.05) is 25.0 Å². The van der Waals surface area contributed by atoms with E-state index in [1.807, 2.05) is 6.92 Å². The van der Waals surface area contributed by atoms with Gasteiger partial charge in [0.05, 0.1) is 11.6 Å². The number of rotatable bonds is 6. The molecule has 146 valence electrons. The molecule has 3 rings (SSSR count). The number of hydrogen-bond donors (Lipinski definition) is 2. The highest BCUT2D eigenvalue weighted by Gasteiger charge is 2.22. The van der Waals surface area contributed by atoms with Gasteiger partial charge in [-0.15, -0.1) is 0 Å². The molecule has 2 amide bonds. The number of piperidine rings is 1. The lowest BCUT2D eigenvalue weighted by Gasteiger charge is -2.32. The van der Waals surface area contributed by atoms with Crippen LogP contribution in [0.3, 0.4) is 0 Å². The van der Waals surface area contributed by atoms with Gasteiger partial charge in [-0.05, 0) is 56.2 Å². The summed E-state index contributed by atoms with van der Waals surface area (Å²) in [6.07, 6.45) is 2.11. The highest BCUT2D eigenvalue weighted by atomic mass is 16.3. The predicted molar refractivity (Wildman–Crippen MR) is 105 cm³/mol. The first kappa shape index (κ1) is 19.6. The topological polar surface area (TPSA) is 98.4 Å². The van der Waals surface area contributed by atoms with Crippen LogP contribution >= 0.6 is 0 Å². The van der Waals surface area contributed by atoms with Gasteiger partial charge in [0.2, 0.25) is 5.91 Å². The minimum Gasteiger partial charge on any atom is -0.456 e. The second-order valence-corrected chi connectivity index (χ2v) is 6.99. The van der Waals surface area contributed by atoms with Gasteiger partial charge in [0.15, 0.2) is 5.76 Å². The molecule has 0 atom stereocenters. The number of carbonyl (C=O) groups is 2. The van der Waals surface area contributed by atoms with Crippen molar-refractivity contribution >= 4 is 17.5 Å². The summed E-state index contributed by atoms with van der Waals surface area (Å²) < 4.78 is 5.35. The zero-order valence-electron chi connectivity index (χ0n) is 15.9. The standard InChI is InChI=1S/C21H24N4O3/c1-15-2-7-19(28-15)21(27)24-18-8-11-25(12-9-18)13-10-20(26)23-17-5-3-16(14-22)4-6-17/h2-7,18H,8-13H2,1H3,(H,23,26)(H,24,27). The van der Waals surface area contributed by atoms with E-state index in [0.29, 0.717) is 30.0 Å². The number of anilines is 1. The van der Waals surface area contributed by atoms with Gasteiger partial charge in [-0.25, -0.2) is 0 Å². The Balaban J connectivity index is 1.36. The number of aryl methyl sites for hydroxylation is 1. The third-order valence-corrected chi connectivity index (χ3v) is 4.84. The zero-order chi connectivity index (χ0) is 19.9. The molecule has 1 aromatic heterocycles. The third kappa shape index (κ3) is 5.44. The average Bonchev–Trinajstić information content (AvgIpc) is 3.14. The lowest BCUT2D eigenvalue weighted by molar-refractivity contribution is -0.116. The lowest BCUT2D eigenvalue weighted by Crippen LogP contribution is -2.45. The smallest absolute Gasteiger partial charge is 0.287 e. The van der Waals surface area contributed by atoms with Gasteiger partial charge in [-0.2, -0.15) is 5.26 Å². The summed E-state index contributed by atoms with van der Waals surface area (Å²) >= 11 is 0. The van der Waals surface area contributed by atoms with E-state index in [-0.39, 0.29) is 17.9 Å². The van der Waals surface area contributed by atoms with Crippen LogP contribution in [-0.4, -0.2) is 42.4 Å². The lowest BCUT2D eigenvalue weighted by atomic mass is 10.0. The van der Waals surface area contributed by atoms with Crippen LogP contribution in [0.4, 0.5) is 5.69 Å². The van der Waals surface area contributed by atoms with Crippen molar-refractivity contribution in [1.29, 1.82) is 5.26 Å². The number of nitrogens with one attached hydrogen (secondary N) is 2. The zero-order valence-corrected chi connectivity index (χ0v) is 15.9. The second-order valence-electron chi connectivity index (χ2n) is 6.99. The maximum Gasteiger partial charge on any atom is 0.287 e. The van der Waals surface area contributed by atoms with E-state index in [4.69, 9.17) is 9.68 Å². The largest absolute Gasteiger partial charge is 0.456 e. The SMILES string of the molecule is Cc1ccc(C(=O)NC2CCN(CCC(=O)Nc3ccc(C#N)cc3)CC2)o1. The fourth-order valence-corrected chi connectivity index (χ4v) is 3.23. The summed E-state index contributed by atoms with van der Waals surface area (Å²) in [7, 11) is 0. The van der Waals surface area contributed by atoms with Gasteiger partial charge in [-0.3, -0.25) is 9.59 Å². The molecule has 7 heteroatoms. The van der Waals surface area contributed by atoms with Crippen LogP contribution in [-0.2, 0) is 4.79 Å². The number of amides is 2. The van der Waals surface area contributed by atoms with Crippen LogP contribution in [0.1, 0.15) is 41.1 Å². The van der Waals surface area contributed by atoms with E-state index in [0.717, 1.165) is 31.7 Å². The number of nitrogens with zero attached hydrogens (tertiary/aromatic N) is 2. The number of nitriles is 1. The summed E-state index contributed by atoms with van der Waals surface area (Å²) in [5.41, 5.74) is 1.26. The molecule has 2 heterocycles. The predicted octanol–water partition coefficient (Wildman–Crippen LogP) is 2.68. The first-order chi connectivity index (χ1) is 13.5. The van der Waals surface area contributed by atoms with Crippen LogP contribution in [0.25, 0.3) is 0 Å². The summed E-state index contributed by atoms with van der Waals surface area (Å²) in [5, 5.41) is 14.7. The van der Waals surface area contributed by atoms with E-state index in [1.54, 1.807) is 36.4 Å². The van der Waals surface area contributed by atoms with Gasteiger partial charge in [0.1, 0.15) is 5.76 Å². The van der Waals surface area contributed by atoms with Gasteiger partial charge >= 0.3 is 0 Å². The van der Waals surface area contributed by atoms with E-state index in [2.05, 4.69) is 21.6 Å². The van der Waals surface area contributed by atoms with Crippen LogP contribution in [0.2, 0.25) is 0 Å². The Morgan fingerprint density at radius 2 is 1.89 bits per heavy atom. The van der Waals surface area contributed by atoms with Crippen LogP contribution in [0.5, 0.6) is 0 Å². The van der Waals surface area contributed by atoms with E-state index >= 15 is 0 Å². The van der Waals surface area contributed by atoms with Crippen LogP contribution in [0.15, 0.2) is 40.8 Å². The quantitative estimate of drug-likeness (QED) is 0.803. The van der Waals surface area contributed by atoms with E-state index in [1.165, 1.54) is 0 Å². The molecule has 1 aliphatic rings. The summed E-state index contributed by atoms with van der Waals surface area (Å²) in [6.45, 7) is 4.17. The number of carbonyl (C=O) groups excluding carboxylic acids is 2. The molecule has 28 heavy (non-hydrogen) atoms. The second kappa shape index (κ2) is 9.20. The number of likely N-dealkylation sites (tertiary alicyclic amines) is 1. The molecule has 1 aliphatic heterocycles. The van der Waals surface area contributed by atoms with Crippen molar-refractivity contribution in [1.82, 2.24) is 10.2 Å². The normalized spacial score (nSPS) is 15.0. The Labute approximate surface area is 164 Å². The third-order valence-electron chi connectivity index (χ3n) is 4.84. The molecule has 0 radical (unpaired) electrons. The van der Waals surface area contributed by atoms with Crippen molar-refractivity contribution in [3.05, 3.63) is 53.5 Å². The van der Waals surface area contributed by atoms with Crippen LogP contribution < -0.4 is 10.6 Å². The monoisotopic (exact) mass is 380 g/mol. The molecule has 1 fully saturated rings. The Kier molecular flexibility index (Phi) is 6.45. The molecule has 7 nitrogen and oxygen atoms in total. The van der Waals surface area contributed by atoms with Gasteiger partial charge in [0, 0.05) is 37.8 Å². The molecule has 0 spiro atoms.